The normalized spacial score (nSPS) is 13.5. The number of hydrogen-bond donors (Lipinski definition) is 2. The number of rotatable bonds is 5. The number of carbonyl (C=O) groups excluding carboxylic acids is 1. The molecule has 0 spiro atoms. The van der Waals surface area contributed by atoms with Gasteiger partial charge in [0.05, 0.1) is 29.6 Å². The monoisotopic (exact) mass is 450 g/mol. The molecule has 2 aromatic heterocycles. The fourth-order valence-electron chi connectivity index (χ4n) is 3.92. The lowest BCUT2D eigenvalue weighted by Gasteiger charge is -2.15. The molecule has 0 saturated heterocycles. The van der Waals surface area contributed by atoms with Crippen LogP contribution in [0.25, 0.3) is 16.9 Å². The van der Waals surface area contributed by atoms with E-state index in [-0.39, 0.29) is 17.3 Å². The van der Waals surface area contributed by atoms with Gasteiger partial charge in [-0.2, -0.15) is 14.8 Å². The average molecular weight is 450 g/mol. The number of amides is 1. The minimum atomic E-state index is -0.753. The average Bonchev–Trinajstić information content (AvgIpc) is 3.06. The highest BCUT2D eigenvalue weighted by atomic mass is 19.1. The summed E-state index contributed by atoms with van der Waals surface area (Å²) in [6, 6.07) is 8.61. The summed E-state index contributed by atoms with van der Waals surface area (Å²) < 4.78 is 34.9. The Morgan fingerprint density at radius 1 is 1.18 bits per heavy atom. The Labute approximate surface area is 187 Å². The highest BCUT2D eigenvalue weighted by Gasteiger charge is 2.21. The first kappa shape index (κ1) is 21.0. The summed E-state index contributed by atoms with van der Waals surface area (Å²) in [5.41, 5.74) is 8.11. The summed E-state index contributed by atoms with van der Waals surface area (Å²) in [6.07, 6.45) is 2.89. The maximum absolute atomic E-state index is 14.2. The van der Waals surface area contributed by atoms with Crippen molar-refractivity contribution in [1.29, 1.82) is 0 Å². The first-order valence-corrected chi connectivity index (χ1v) is 10.4. The van der Waals surface area contributed by atoms with Gasteiger partial charge in [0.25, 0.3) is 5.95 Å². The van der Waals surface area contributed by atoms with Gasteiger partial charge in [-0.25, -0.2) is 13.8 Å². The number of anilines is 1. The zero-order chi connectivity index (χ0) is 22.9. The lowest BCUT2D eigenvalue weighted by atomic mass is 10.1. The molecule has 2 aromatic carbocycles. The zero-order valence-corrected chi connectivity index (χ0v) is 17.5. The largest absolute Gasteiger partial charge is 0.377 e. The van der Waals surface area contributed by atoms with Crippen LogP contribution in [0.1, 0.15) is 33.6 Å². The summed E-state index contributed by atoms with van der Waals surface area (Å²) in [5.74, 6) is -0.956. The van der Waals surface area contributed by atoms with Crippen molar-refractivity contribution in [3.05, 3.63) is 76.6 Å². The first-order chi connectivity index (χ1) is 16.0. The molecule has 168 valence electrons. The van der Waals surface area contributed by atoms with E-state index in [1.807, 2.05) is 6.07 Å². The van der Waals surface area contributed by atoms with Gasteiger partial charge in [0.15, 0.2) is 0 Å². The summed E-state index contributed by atoms with van der Waals surface area (Å²) in [6.45, 7) is 1.26. The second-order valence-corrected chi connectivity index (χ2v) is 7.74. The molecular formula is C23H20F2N6O2. The van der Waals surface area contributed by atoms with Crippen LogP contribution >= 0.6 is 0 Å². The van der Waals surface area contributed by atoms with E-state index in [0.717, 1.165) is 29.3 Å². The zero-order valence-electron chi connectivity index (χ0n) is 17.5. The quantitative estimate of drug-likeness (QED) is 0.483. The van der Waals surface area contributed by atoms with E-state index in [2.05, 4.69) is 20.4 Å². The third-order valence-corrected chi connectivity index (χ3v) is 5.49. The number of aromatic nitrogens is 4. The molecule has 0 unspecified atom stereocenters. The van der Waals surface area contributed by atoms with E-state index >= 15 is 0 Å². The van der Waals surface area contributed by atoms with Crippen molar-refractivity contribution in [2.45, 2.75) is 26.0 Å². The Morgan fingerprint density at radius 2 is 2.06 bits per heavy atom. The molecule has 0 saturated carbocycles. The van der Waals surface area contributed by atoms with Crippen LogP contribution in [-0.4, -0.2) is 32.3 Å². The van der Waals surface area contributed by atoms with Crippen LogP contribution in [-0.2, 0) is 24.3 Å². The van der Waals surface area contributed by atoms with Gasteiger partial charge in [0.1, 0.15) is 17.5 Å². The van der Waals surface area contributed by atoms with Crippen LogP contribution in [0, 0.1) is 11.6 Å². The molecule has 1 amide bonds. The number of primary amides is 1. The summed E-state index contributed by atoms with van der Waals surface area (Å²) >= 11 is 0. The summed E-state index contributed by atoms with van der Waals surface area (Å²) in [5, 5.41) is 7.95. The van der Waals surface area contributed by atoms with Gasteiger partial charge in [-0.05, 0) is 36.6 Å². The molecule has 0 atom stereocenters. The van der Waals surface area contributed by atoms with Crippen molar-refractivity contribution in [3.8, 4) is 5.95 Å². The van der Waals surface area contributed by atoms with Crippen molar-refractivity contribution in [1.82, 2.24) is 19.7 Å². The molecule has 3 N–H and O–H groups in total. The molecule has 1 aliphatic heterocycles. The lowest BCUT2D eigenvalue weighted by molar-refractivity contribution is 0.100. The SMILES string of the molecule is NC(=O)c1cc(F)cc2c1cnn2-c1nc2c(c(NCc3cccc(F)c3)n1)COCCC2. The van der Waals surface area contributed by atoms with Gasteiger partial charge < -0.3 is 15.8 Å². The number of ether oxygens (including phenoxy) is 1. The summed E-state index contributed by atoms with van der Waals surface area (Å²) in [7, 11) is 0. The Morgan fingerprint density at radius 3 is 2.88 bits per heavy atom. The number of halogens is 2. The minimum absolute atomic E-state index is 0.0314. The number of aryl methyl sites for hydroxylation is 1. The fraction of sp³-hybridized carbons (Fsp3) is 0.217. The van der Waals surface area contributed by atoms with Crippen LogP contribution in [0.2, 0.25) is 0 Å². The Hall–Kier alpha value is -3.92. The second-order valence-electron chi connectivity index (χ2n) is 7.74. The smallest absolute Gasteiger partial charge is 0.253 e. The highest BCUT2D eigenvalue weighted by Crippen LogP contribution is 2.27. The van der Waals surface area contributed by atoms with Crippen molar-refractivity contribution < 1.29 is 18.3 Å². The predicted molar refractivity (Wildman–Crippen MR) is 117 cm³/mol. The van der Waals surface area contributed by atoms with Crippen molar-refractivity contribution >= 4 is 22.6 Å². The molecule has 3 heterocycles. The van der Waals surface area contributed by atoms with Crippen molar-refractivity contribution in [3.63, 3.8) is 0 Å². The van der Waals surface area contributed by atoms with Gasteiger partial charge >= 0.3 is 0 Å². The van der Waals surface area contributed by atoms with Crippen LogP contribution in [0.5, 0.6) is 0 Å². The van der Waals surface area contributed by atoms with Crippen LogP contribution in [0.4, 0.5) is 14.6 Å². The van der Waals surface area contributed by atoms with E-state index in [1.54, 1.807) is 6.07 Å². The van der Waals surface area contributed by atoms with E-state index < -0.39 is 11.7 Å². The first-order valence-electron chi connectivity index (χ1n) is 10.4. The van der Waals surface area contributed by atoms with E-state index in [4.69, 9.17) is 10.5 Å². The number of nitrogens with one attached hydrogen (secondary N) is 1. The predicted octanol–water partition coefficient (Wildman–Crippen LogP) is 3.27. The van der Waals surface area contributed by atoms with E-state index in [0.29, 0.717) is 42.9 Å². The van der Waals surface area contributed by atoms with Crippen LogP contribution in [0.15, 0.2) is 42.6 Å². The number of nitrogens with zero attached hydrogens (tertiary/aromatic N) is 4. The third kappa shape index (κ3) is 4.12. The molecule has 0 aliphatic carbocycles. The Balaban J connectivity index is 1.60. The maximum atomic E-state index is 14.2. The van der Waals surface area contributed by atoms with E-state index in [9.17, 15) is 13.6 Å². The number of benzene rings is 2. The molecule has 0 fully saturated rings. The van der Waals surface area contributed by atoms with Gasteiger partial charge in [0.2, 0.25) is 5.91 Å². The number of nitrogens with two attached hydrogens (primary N) is 1. The number of carbonyl (C=O) groups is 1. The molecular weight excluding hydrogens is 430 g/mol. The van der Waals surface area contributed by atoms with Gasteiger partial charge in [-0.15, -0.1) is 0 Å². The Bertz CT molecular complexity index is 1370. The molecule has 5 rings (SSSR count). The topological polar surface area (TPSA) is 108 Å². The number of hydrogen-bond acceptors (Lipinski definition) is 6. The van der Waals surface area contributed by atoms with Crippen LogP contribution < -0.4 is 11.1 Å². The maximum Gasteiger partial charge on any atom is 0.253 e. The van der Waals surface area contributed by atoms with Gasteiger partial charge in [-0.3, -0.25) is 4.79 Å². The van der Waals surface area contributed by atoms with Gasteiger partial charge in [-0.1, -0.05) is 12.1 Å². The molecule has 4 aromatic rings. The highest BCUT2D eigenvalue weighted by molar-refractivity contribution is 6.05. The summed E-state index contributed by atoms with van der Waals surface area (Å²) in [4.78, 5) is 21.1. The standard InChI is InChI=1S/C23H20F2N6O2/c24-14-4-1-3-13(7-14)10-27-22-18-12-33-6-2-5-19(18)29-23(30-22)31-20-9-15(25)8-16(21(26)32)17(20)11-28-31/h1,3-4,7-9,11H,2,5-6,10,12H2,(H2,26,32)(H,27,29,30). The van der Waals surface area contributed by atoms with E-state index in [1.165, 1.54) is 29.1 Å². The fourth-order valence-corrected chi connectivity index (χ4v) is 3.92. The molecule has 0 bridgehead atoms. The van der Waals surface area contributed by atoms with Crippen molar-refractivity contribution in [2.24, 2.45) is 5.73 Å². The van der Waals surface area contributed by atoms with Crippen molar-refractivity contribution in [2.75, 3.05) is 11.9 Å². The molecule has 0 radical (unpaired) electrons. The van der Waals surface area contributed by atoms with Gasteiger partial charge in [0, 0.05) is 30.2 Å². The third-order valence-electron chi connectivity index (χ3n) is 5.49. The minimum Gasteiger partial charge on any atom is -0.377 e. The Kier molecular flexibility index (Phi) is 5.43. The second kappa shape index (κ2) is 8.55. The molecule has 33 heavy (non-hydrogen) atoms. The lowest BCUT2D eigenvalue weighted by Crippen LogP contribution is -2.14. The molecule has 8 nitrogen and oxygen atoms in total. The molecule has 10 heteroatoms. The number of fused-ring (bicyclic) bond motifs is 2. The van der Waals surface area contributed by atoms with Crippen LogP contribution in [0.3, 0.4) is 0 Å². The molecule has 1 aliphatic rings.